The largest absolute Gasteiger partial charge is 0.396 e. The molecular formula is C16H32N2O2. The zero-order chi connectivity index (χ0) is 14.4. The number of rotatable bonds is 6. The second-order valence-electron chi connectivity index (χ2n) is 6.48. The molecule has 118 valence electrons. The molecule has 2 fully saturated rings. The van der Waals surface area contributed by atoms with Gasteiger partial charge in [0.05, 0.1) is 12.7 Å². The lowest BCUT2D eigenvalue weighted by atomic mass is 9.97. The quantitative estimate of drug-likeness (QED) is 0.803. The van der Waals surface area contributed by atoms with E-state index in [4.69, 9.17) is 4.74 Å². The van der Waals surface area contributed by atoms with E-state index in [1.165, 1.54) is 32.5 Å². The fraction of sp³-hybridized carbons (Fsp3) is 1.00. The predicted molar refractivity (Wildman–Crippen MR) is 81.9 cm³/mol. The van der Waals surface area contributed by atoms with Gasteiger partial charge in [-0.15, -0.1) is 0 Å². The van der Waals surface area contributed by atoms with E-state index in [1.807, 2.05) is 0 Å². The van der Waals surface area contributed by atoms with Crippen LogP contribution in [0.2, 0.25) is 0 Å². The molecule has 0 radical (unpaired) electrons. The number of aliphatic hydroxyl groups is 1. The lowest BCUT2D eigenvalue weighted by Gasteiger charge is -2.37. The lowest BCUT2D eigenvalue weighted by molar-refractivity contribution is -0.0242. The number of hydrogen-bond acceptors (Lipinski definition) is 4. The molecule has 1 N–H and O–H groups in total. The fourth-order valence-electron chi connectivity index (χ4n) is 3.35. The van der Waals surface area contributed by atoms with Crippen molar-refractivity contribution < 1.29 is 9.84 Å². The lowest BCUT2D eigenvalue weighted by Crippen LogP contribution is -2.44. The van der Waals surface area contributed by atoms with Crippen molar-refractivity contribution in [3.8, 4) is 0 Å². The maximum atomic E-state index is 9.18. The van der Waals surface area contributed by atoms with E-state index in [0.29, 0.717) is 24.7 Å². The Morgan fingerprint density at radius 1 is 1.10 bits per heavy atom. The Labute approximate surface area is 124 Å². The van der Waals surface area contributed by atoms with Crippen molar-refractivity contribution in [2.24, 2.45) is 5.92 Å². The highest BCUT2D eigenvalue weighted by Gasteiger charge is 2.24. The van der Waals surface area contributed by atoms with Crippen LogP contribution in [0.4, 0.5) is 0 Å². The van der Waals surface area contributed by atoms with Crippen LogP contribution in [0.25, 0.3) is 0 Å². The van der Waals surface area contributed by atoms with Crippen molar-refractivity contribution in [3.05, 3.63) is 0 Å². The molecule has 0 amide bonds. The van der Waals surface area contributed by atoms with Crippen molar-refractivity contribution in [1.82, 2.24) is 9.80 Å². The van der Waals surface area contributed by atoms with Gasteiger partial charge in [0.25, 0.3) is 0 Å². The summed E-state index contributed by atoms with van der Waals surface area (Å²) in [4.78, 5) is 5.02. The zero-order valence-corrected chi connectivity index (χ0v) is 13.3. The summed E-state index contributed by atoms with van der Waals surface area (Å²) in [6.07, 6.45) is 5.11. The van der Waals surface area contributed by atoms with Crippen LogP contribution >= 0.6 is 0 Å². The van der Waals surface area contributed by atoms with Gasteiger partial charge < -0.3 is 14.7 Å². The topological polar surface area (TPSA) is 35.9 Å². The Hall–Kier alpha value is -0.160. The van der Waals surface area contributed by atoms with Gasteiger partial charge in [0.1, 0.15) is 0 Å². The third-order valence-corrected chi connectivity index (χ3v) is 5.09. The summed E-state index contributed by atoms with van der Waals surface area (Å²) in [6, 6.07) is 0.513. The van der Waals surface area contributed by atoms with E-state index < -0.39 is 0 Å². The highest BCUT2D eigenvalue weighted by molar-refractivity contribution is 4.77. The molecule has 0 aliphatic carbocycles. The number of hydrogen-bond donors (Lipinski definition) is 1. The predicted octanol–water partition coefficient (Wildman–Crippen LogP) is 1.58. The highest BCUT2D eigenvalue weighted by atomic mass is 16.5. The normalized spacial score (nSPS) is 25.9. The molecule has 0 spiro atoms. The van der Waals surface area contributed by atoms with Gasteiger partial charge in [0.15, 0.2) is 0 Å². The van der Waals surface area contributed by atoms with Crippen molar-refractivity contribution in [2.45, 2.75) is 51.7 Å². The van der Waals surface area contributed by atoms with Crippen LogP contribution in [-0.2, 0) is 4.74 Å². The zero-order valence-electron chi connectivity index (χ0n) is 13.3. The highest BCUT2D eigenvalue weighted by Crippen LogP contribution is 2.19. The third kappa shape index (κ3) is 4.69. The second-order valence-corrected chi connectivity index (χ2v) is 6.48. The second kappa shape index (κ2) is 8.32. The van der Waals surface area contributed by atoms with E-state index in [1.54, 1.807) is 0 Å². The van der Waals surface area contributed by atoms with Crippen molar-refractivity contribution >= 4 is 0 Å². The average Bonchev–Trinajstić information content (AvgIpc) is 2.53. The van der Waals surface area contributed by atoms with E-state index >= 15 is 0 Å². The van der Waals surface area contributed by atoms with Gasteiger partial charge >= 0.3 is 0 Å². The molecule has 4 heteroatoms. The minimum Gasteiger partial charge on any atom is -0.396 e. The number of ether oxygens (including phenoxy) is 1. The molecule has 4 nitrogen and oxygen atoms in total. The van der Waals surface area contributed by atoms with Gasteiger partial charge in [-0.1, -0.05) is 6.92 Å². The summed E-state index contributed by atoms with van der Waals surface area (Å²) in [5.74, 6) is 0.526. The van der Waals surface area contributed by atoms with E-state index in [-0.39, 0.29) is 0 Å². The van der Waals surface area contributed by atoms with Crippen molar-refractivity contribution in [2.75, 3.05) is 45.9 Å². The molecule has 20 heavy (non-hydrogen) atoms. The summed E-state index contributed by atoms with van der Waals surface area (Å²) < 4.78 is 6.13. The summed E-state index contributed by atoms with van der Waals surface area (Å²) in [5, 5.41) is 9.18. The Bertz CT molecular complexity index is 259. The minimum atomic E-state index is 0.356. The molecule has 1 atom stereocenters. The van der Waals surface area contributed by atoms with E-state index in [9.17, 15) is 5.11 Å². The SMILES string of the molecule is CCN1CCC(OCC(C)N2CCC(CO)CC2)CC1. The molecule has 2 aliphatic rings. The first-order valence-electron chi connectivity index (χ1n) is 8.41. The standard InChI is InChI=1S/C16H32N2O2/c1-3-17-8-6-16(7-9-17)20-13-14(2)18-10-4-15(12-19)5-11-18/h14-16,19H,3-13H2,1-2H3. The van der Waals surface area contributed by atoms with Crippen molar-refractivity contribution in [3.63, 3.8) is 0 Å². The van der Waals surface area contributed by atoms with E-state index in [2.05, 4.69) is 23.6 Å². The number of nitrogens with zero attached hydrogens (tertiary/aromatic N) is 2. The van der Waals surface area contributed by atoms with Gasteiger partial charge in [0.2, 0.25) is 0 Å². The first-order valence-corrected chi connectivity index (χ1v) is 8.41. The molecule has 0 bridgehead atoms. The maximum Gasteiger partial charge on any atom is 0.0622 e. The molecule has 2 heterocycles. The number of piperidine rings is 2. The van der Waals surface area contributed by atoms with Crippen molar-refractivity contribution in [1.29, 1.82) is 0 Å². The van der Waals surface area contributed by atoms with Crippen LogP contribution in [0.3, 0.4) is 0 Å². The fourth-order valence-corrected chi connectivity index (χ4v) is 3.35. The van der Waals surface area contributed by atoms with Crippen LogP contribution in [0, 0.1) is 5.92 Å². The molecular weight excluding hydrogens is 252 g/mol. The minimum absolute atomic E-state index is 0.356. The first kappa shape index (κ1) is 16.2. The van der Waals surface area contributed by atoms with Crippen LogP contribution in [0.15, 0.2) is 0 Å². The van der Waals surface area contributed by atoms with Crippen LogP contribution in [0.1, 0.15) is 39.5 Å². The molecule has 1 unspecified atom stereocenters. The smallest absolute Gasteiger partial charge is 0.0622 e. The van der Waals surface area contributed by atoms with Crippen LogP contribution in [0.5, 0.6) is 0 Å². The molecule has 0 aromatic rings. The Morgan fingerprint density at radius 2 is 1.75 bits per heavy atom. The molecule has 2 saturated heterocycles. The Kier molecular flexibility index (Phi) is 6.75. The third-order valence-electron chi connectivity index (χ3n) is 5.09. The van der Waals surface area contributed by atoms with Gasteiger partial charge in [0, 0.05) is 25.7 Å². The summed E-state index contributed by atoms with van der Waals surface area (Å²) >= 11 is 0. The monoisotopic (exact) mass is 284 g/mol. The molecule has 2 rings (SSSR count). The molecule has 0 saturated carbocycles. The van der Waals surface area contributed by atoms with Gasteiger partial charge in [-0.2, -0.15) is 0 Å². The van der Waals surface area contributed by atoms with E-state index in [0.717, 1.165) is 32.5 Å². The molecule has 0 aromatic carbocycles. The molecule has 2 aliphatic heterocycles. The number of aliphatic hydroxyl groups excluding tert-OH is 1. The van der Waals surface area contributed by atoms with Gasteiger partial charge in [-0.25, -0.2) is 0 Å². The van der Waals surface area contributed by atoms with Crippen LogP contribution in [-0.4, -0.2) is 73.0 Å². The maximum absolute atomic E-state index is 9.18. The average molecular weight is 284 g/mol. The first-order chi connectivity index (χ1) is 9.72. The molecule has 0 aromatic heterocycles. The Balaban J connectivity index is 1.62. The summed E-state index contributed by atoms with van der Waals surface area (Å²) in [7, 11) is 0. The summed E-state index contributed by atoms with van der Waals surface area (Å²) in [6.45, 7) is 11.5. The summed E-state index contributed by atoms with van der Waals surface area (Å²) in [5.41, 5.74) is 0. The van der Waals surface area contributed by atoms with Gasteiger partial charge in [-0.3, -0.25) is 4.90 Å². The Morgan fingerprint density at radius 3 is 2.30 bits per heavy atom. The van der Waals surface area contributed by atoms with Gasteiger partial charge in [-0.05, 0) is 58.2 Å². The number of likely N-dealkylation sites (tertiary alicyclic amines) is 2. The van der Waals surface area contributed by atoms with Crippen LogP contribution < -0.4 is 0 Å².